The van der Waals surface area contributed by atoms with Gasteiger partial charge in [0.05, 0.1) is 0 Å². The van der Waals surface area contributed by atoms with Crippen LogP contribution in [0.3, 0.4) is 0 Å². The molecular weight excluding hydrogens is 497 g/mol. The van der Waals surface area contributed by atoms with Crippen molar-refractivity contribution in [3.05, 3.63) is 118 Å². The number of ether oxygens (including phenoxy) is 1. The monoisotopic (exact) mass is 553 g/mol. The topological polar surface area (TPSA) is 12.5 Å². The van der Waals surface area contributed by atoms with Gasteiger partial charge in [0.25, 0.3) is 0 Å². The molecule has 3 aliphatic rings. The molecule has 3 rings (SSSR count). The van der Waals surface area contributed by atoms with Crippen molar-refractivity contribution in [2.45, 2.75) is 114 Å². The van der Waals surface area contributed by atoms with Crippen LogP contribution < -0.4 is 0 Å². The minimum atomic E-state index is 0.173. The molecule has 1 aliphatic heterocycles. The Kier molecular flexibility index (Phi) is 11.6. The van der Waals surface area contributed by atoms with Crippen molar-refractivity contribution in [1.29, 1.82) is 0 Å². The maximum Gasteiger partial charge on any atom is 0.107 e. The average molecular weight is 554 g/mol. The lowest BCUT2D eigenvalue weighted by atomic mass is 9.68. The summed E-state index contributed by atoms with van der Waals surface area (Å²) in [4.78, 5) is 0. The second-order valence-electron chi connectivity index (χ2n) is 14.0. The summed E-state index contributed by atoms with van der Waals surface area (Å²) in [5.41, 5.74) is 10.2. The zero-order valence-electron chi connectivity index (χ0n) is 27.7. The van der Waals surface area contributed by atoms with Crippen LogP contribution in [0.1, 0.15) is 101 Å². The second kappa shape index (κ2) is 14.5. The molecule has 2 aliphatic carbocycles. The molecule has 1 nitrogen and oxygen atoms in total. The summed E-state index contributed by atoms with van der Waals surface area (Å²) in [5, 5.41) is 0. The molecule has 222 valence electrons. The zero-order chi connectivity index (χ0) is 30.2. The van der Waals surface area contributed by atoms with Gasteiger partial charge in [0.2, 0.25) is 0 Å². The van der Waals surface area contributed by atoms with Crippen molar-refractivity contribution in [3.63, 3.8) is 0 Å². The third kappa shape index (κ3) is 10.3. The van der Waals surface area contributed by atoms with Gasteiger partial charge in [-0.05, 0) is 90.0 Å². The molecule has 0 N–H and O–H groups in total. The largest absolute Gasteiger partial charge is 0.361 e. The number of rotatable bonds is 10. The first-order valence-electron chi connectivity index (χ1n) is 15.7. The SMILES string of the molecule is CC1=CCCC(C)(C)[C@H]1/C=C/C(C)=C/C=C/C(C)=C/[C@@H]1[17O][C@@H]1/C=C(C)/C=C/C=C(C)/C=C/C1=C(C)CCCC1(C)C. The lowest BCUT2D eigenvalue weighted by Gasteiger charge is -2.36. The van der Waals surface area contributed by atoms with Crippen molar-refractivity contribution < 1.29 is 4.74 Å². The normalized spacial score (nSPS) is 28.0. The van der Waals surface area contributed by atoms with Crippen LogP contribution in [-0.2, 0) is 4.74 Å². The van der Waals surface area contributed by atoms with Gasteiger partial charge in [-0.1, -0.05) is 140 Å². The number of allylic oxidation sites excluding steroid dienone is 18. The molecule has 0 bridgehead atoms. The number of hydrogen-bond acceptors (Lipinski definition) is 1. The molecule has 1 fully saturated rings. The van der Waals surface area contributed by atoms with Crippen molar-refractivity contribution in [2.75, 3.05) is 0 Å². The minimum absolute atomic E-state index is 0.173. The summed E-state index contributed by atoms with van der Waals surface area (Å²) in [5.74, 6) is 0.526. The molecule has 1 heteroatoms. The highest BCUT2D eigenvalue weighted by molar-refractivity contribution is 5.37. The molecule has 0 spiro atoms. The smallest absolute Gasteiger partial charge is 0.107 e. The van der Waals surface area contributed by atoms with E-state index in [1.165, 1.54) is 65.5 Å². The Morgan fingerprint density at radius 1 is 0.780 bits per heavy atom. The van der Waals surface area contributed by atoms with Crippen LogP contribution in [0.5, 0.6) is 0 Å². The molecule has 0 saturated carbocycles. The first-order valence-corrected chi connectivity index (χ1v) is 15.7. The highest BCUT2D eigenvalue weighted by Gasteiger charge is 2.34. The third-order valence-electron chi connectivity index (χ3n) is 9.05. The van der Waals surface area contributed by atoms with E-state index in [0.29, 0.717) is 11.3 Å². The van der Waals surface area contributed by atoms with Crippen molar-refractivity contribution >= 4 is 0 Å². The Bertz CT molecular complexity index is 1240. The Hall–Kier alpha value is -2.64. The lowest BCUT2D eigenvalue weighted by Crippen LogP contribution is -2.26. The van der Waals surface area contributed by atoms with Gasteiger partial charge in [-0.25, -0.2) is 0 Å². The zero-order valence-corrected chi connectivity index (χ0v) is 27.7. The van der Waals surface area contributed by atoms with E-state index in [2.05, 4.69) is 148 Å². The quantitative estimate of drug-likeness (QED) is 0.149. The van der Waals surface area contributed by atoms with Gasteiger partial charge in [0.15, 0.2) is 0 Å². The second-order valence-corrected chi connectivity index (χ2v) is 14.0. The van der Waals surface area contributed by atoms with Crippen LogP contribution in [0.25, 0.3) is 0 Å². The van der Waals surface area contributed by atoms with E-state index >= 15 is 0 Å². The summed E-state index contributed by atoms with van der Waals surface area (Å²) < 4.78 is 5.90. The minimum Gasteiger partial charge on any atom is -0.361 e. The predicted octanol–water partition coefficient (Wildman–Crippen LogP) is 11.7. The molecule has 0 amide bonds. The maximum absolute atomic E-state index is 5.90. The van der Waals surface area contributed by atoms with E-state index in [0.717, 1.165) is 0 Å². The molecule has 0 aromatic rings. The fourth-order valence-corrected chi connectivity index (χ4v) is 6.30. The molecule has 1 heterocycles. The van der Waals surface area contributed by atoms with Crippen molar-refractivity contribution in [2.24, 2.45) is 16.7 Å². The van der Waals surface area contributed by atoms with E-state index in [9.17, 15) is 0 Å². The van der Waals surface area contributed by atoms with Crippen molar-refractivity contribution in [1.82, 2.24) is 0 Å². The van der Waals surface area contributed by atoms with E-state index < -0.39 is 0 Å². The van der Waals surface area contributed by atoms with E-state index in [1.807, 2.05) is 0 Å². The summed E-state index contributed by atoms with van der Waals surface area (Å²) in [7, 11) is 0. The van der Waals surface area contributed by atoms with Crippen LogP contribution in [-0.4, -0.2) is 12.2 Å². The van der Waals surface area contributed by atoms with Crippen LogP contribution in [0, 0.1) is 16.7 Å². The summed E-state index contributed by atoms with van der Waals surface area (Å²) in [6, 6.07) is 0. The summed E-state index contributed by atoms with van der Waals surface area (Å²) in [6.45, 7) is 22.7. The van der Waals surface area contributed by atoms with Gasteiger partial charge in [-0.15, -0.1) is 0 Å². The Labute approximate surface area is 252 Å². The average Bonchev–Trinajstić information content (AvgIpc) is 3.58. The van der Waals surface area contributed by atoms with Gasteiger partial charge in [-0.3, -0.25) is 0 Å². The molecule has 0 aromatic carbocycles. The Morgan fingerprint density at radius 3 is 1.93 bits per heavy atom. The van der Waals surface area contributed by atoms with Gasteiger partial charge in [0.1, 0.15) is 12.2 Å². The first kappa shape index (κ1) is 32.9. The fraction of sp³-hybridized carbons (Fsp3) is 0.500. The number of epoxide rings is 1. The maximum atomic E-state index is 5.90. The fourth-order valence-electron chi connectivity index (χ4n) is 6.30. The Balaban J connectivity index is 1.48. The summed E-state index contributed by atoms with van der Waals surface area (Å²) in [6.07, 6.45) is 35.8. The van der Waals surface area contributed by atoms with Gasteiger partial charge in [-0.2, -0.15) is 0 Å². The van der Waals surface area contributed by atoms with E-state index in [1.54, 1.807) is 5.57 Å². The molecule has 0 unspecified atom stereocenters. The van der Waals surface area contributed by atoms with E-state index in [-0.39, 0.29) is 17.6 Å². The number of hydrogen-bond donors (Lipinski definition) is 0. The molecule has 0 aromatic heterocycles. The van der Waals surface area contributed by atoms with Crippen LogP contribution in [0.2, 0.25) is 0 Å². The van der Waals surface area contributed by atoms with Crippen LogP contribution in [0.4, 0.5) is 0 Å². The highest BCUT2D eigenvalue weighted by atomic mass is 17.5. The first-order chi connectivity index (χ1) is 19.3. The van der Waals surface area contributed by atoms with Crippen LogP contribution >= 0.6 is 0 Å². The van der Waals surface area contributed by atoms with Gasteiger partial charge >= 0.3 is 0 Å². The predicted molar refractivity (Wildman–Crippen MR) is 181 cm³/mol. The lowest BCUT2D eigenvalue weighted by molar-refractivity contribution is 0.255. The standard InChI is InChI=1S/C40H56O/c1-29(21-23-35-33(5)19-13-25-39(35,7)8)15-11-17-31(3)27-37-38(41-37)28-32(4)18-12-16-30(2)22-24-36-34(6)20-14-26-40(36,9)10/h11-12,15-19,21-24,27-28,35,37-38H,13-14,20,25-26H2,1-10H3/b17-11+,18-12+,23-21+,24-22+,29-15+,30-16+,31-27+,32-28+/t35-,37-,38+/m0/s1/i41+1. The molecule has 3 atom stereocenters. The molecule has 1 saturated heterocycles. The van der Waals surface area contributed by atoms with Gasteiger partial charge in [0, 0.05) is 5.92 Å². The third-order valence-corrected chi connectivity index (χ3v) is 9.05. The molecule has 0 radical (unpaired) electrons. The van der Waals surface area contributed by atoms with E-state index in [4.69, 9.17) is 4.74 Å². The van der Waals surface area contributed by atoms with Crippen LogP contribution in [0.15, 0.2) is 118 Å². The molecular formula is C40H56O. The molecule has 41 heavy (non-hydrogen) atoms. The van der Waals surface area contributed by atoms with Gasteiger partial charge < -0.3 is 4.74 Å². The Morgan fingerprint density at radius 2 is 1.37 bits per heavy atom. The van der Waals surface area contributed by atoms with Crippen molar-refractivity contribution in [3.8, 4) is 0 Å². The summed E-state index contributed by atoms with van der Waals surface area (Å²) >= 11 is 0. The highest BCUT2D eigenvalue weighted by Crippen LogP contribution is 2.42.